The molecule has 0 saturated carbocycles. The number of hydrogen-bond acceptors (Lipinski definition) is 5. The van der Waals surface area contributed by atoms with Gasteiger partial charge in [0, 0.05) is 63.0 Å². The molecule has 0 aromatic carbocycles. The fourth-order valence-corrected chi connectivity index (χ4v) is 6.91. The van der Waals surface area contributed by atoms with Crippen molar-refractivity contribution in [1.82, 2.24) is 14.5 Å². The molecule has 0 bridgehead atoms. The number of rotatable bonds is 4. The summed E-state index contributed by atoms with van der Waals surface area (Å²) in [5, 5.41) is 2.21. The van der Waals surface area contributed by atoms with E-state index in [1.165, 1.54) is 11.2 Å². The minimum atomic E-state index is -4.51. The average Bonchev–Trinajstić information content (AvgIpc) is 2.58. The molecule has 4 aliphatic heterocycles. The molecule has 0 unspecified atom stereocenters. The van der Waals surface area contributed by atoms with Crippen molar-refractivity contribution in [3.8, 4) is 0 Å². The van der Waals surface area contributed by atoms with E-state index in [1.54, 1.807) is 0 Å². The van der Waals surface area contributed by atoms with E-state index in [1.807, 2.05) is 0 Å². The highest BCUT2D eigenvalue weighted by molar-refractivity contribution is 7.93. The van der Waals surface area contributed by atoms with Crippen molar-refractivity contribution in [1.29, 1.82) is 0 Å². The Hall–Kier alpha value is -1.10. The Morgan fingerprint density at radius 2 is 1.83 bits per heavy atom. The third-order valence-electron chi connectivity index (χ3n) is 6.81. The van der Waals surface area contributed by atoms with Gasteiger partial charge >= 0.3 is 6.18 Å². The van der Waals surface area contributed by atoms with Crippen LogP contribution in [0.15, 0.2) is 22.4 Å². The normalized spacial score (nSPS) is 27.8. The number of dihydropyridines is 1. The highest BCUT2D eigenvalue weighted by atomic mass is 32.2. The standard InChI is InChI=1S/C19H28F3N3O3S/c1-13-16(3-4-17(23-13)19(20,21)22)29(26,27)25-11-18(12-25)9-24(10-18)14(2)15-5-7-28-8-6-15/h4,14-15,23H,3,5-12H2,1-2H3/t14-/m0/s1. The fraction of sp³-hybridized carbons (Fsp3) is 0.789. The van der Waals surface area contributed by atoms with E-state index in [4.69, 9.17) is 4.74 Å². The van der Waals surface area contributed by atoms with Gasteiger partial charge in [-0.25, -0.2) is 8.42 Å². The first-order chi connectivity index (χ1) is 13.5. The van der Waals surface area contributed by atoms with E-state index in [0.29, 0.717) is 25.0 Å². The molecule has 0 aromatic rings. The molecule has 0 radical (unpaired) electrons. The van der Waals surface area contributed by atoms with E-state index in [2.05, 4.69) is 17.1 Å². The average molecular weight is 436 g/mol. The summed E-state index contributed by atoms with van der Waals surface area (Å²) in [6.45, 7) is 7.90. The first-order valence-electron chi connectivity index (χ1n) is 10.1. The predicted molar refractivity (Wildman–Crippen MR) is 102 cm³/mol. The number of alkyl halides is 3. The van der Waals surface area contributed by atoms with Crippen LogP contribution in [0.4, 0.5) is 13.2 Å². The first kappa shape index (κ1) is 21.1. The molecule has 0 aliphatic carbocycles. The van der Waals surface area contributed by atoms with Crippen LogP contribution in [0, 0.1) is 11.3 Å². The number of halogens is 3. The lowest BCUT2D eigenvalue weighted by atomic mass is 9.72. The summed E-state index contributed by atoms with van der Waals surface area (Å²) in [5.74, 6) is 0.622. The van der Waals surface area contributed by atoms with Gasteiger partial charge in [0.15, 0.2) is 0 Å². The number of allylic oxidation sites excluding steroid dienone is 4. The van der Waals surface area contributed by atoms with Crippen LogP contribution in [0.5, 0.6) is 0 Å². The highest BCUT2D eigenvalue weighted by Gasteiger charge is 2.56. The Morgan fingerprint density at radius 3 is 2.38 bits per heavy atom. The van der Waals surface area contributed by atoms with Crippen molar-refractivity contribution < 1.29 is 26.3 Å². The first-order valence-corrected chi connectivity index (χ1v) is 11.5. The summed E-state index contributed by atoms with van der Waals surface area (Å²) in [6, 6.07) is 0.466. The lowest BCUT2D eigenvalue weighted by molar-refractivity contribution is -0.113. The second-order valence-corrected chi connectivity index (χ2v) is 10.8. The number of ether oxygens (including phenoxy) is 1. The lowest BCUT2D eigenvalue weighted by Gasteiger charge is -2.62. The number of nitrogens with zero attached hydrogens (tertiary/aromatic N) is 2. The monoisotopic (exact) mass is 435 g/mol. The summed E-state index contributed by atoms with van der Waals surface area (Å²) in [7, 11) is -3.75. The predicted octanol–water partition coefficient (Wildman–Crippen LogP) is 2.42. The molecule has 0 amide bonds. The van der Waals surface area contributed by atoms with Crippen LogP contribution < -0.4 is 5.32 Å². The Labute approximate surface area is 169 Å². The van der Waals surface area contributed by atoms with Crippen LogP contribution in [0.1, 0.15) is 33.1 Å². The summed E-state index contributed by atoms with van der Waals surface area (Å²) < 4.78 is 71.2. The van der Waals surface area contributed by atoms with Gasteiger partial charge in [-0.2, -0.15) is 17.5 Å². The summed E-state index contributed by atoms with van der Waals surface area (Å²) in [6.07, 6.45) is -1.69. The van der Waals surface area contributed by atoms with Crippen molar-refractivity contribution in [3.05, 3.63) is 22.4 Å². The number of likely N-dealkylation sites (tertiary alicyclic amines) is 1. The van der Waals surface area contributed by atoms with E-state index in [9.17, 15) is 21.6 Å². The molecule has 1 atom stereocenters. The molecule has 4 heterocycles. The van der Waals surface area contributed by atoms with Gasteiger partial charge in [0.2, 0.25) is 10.0 Å². The van der Waals surface area contributed by atoms with Crippen molar-refractivity contribution in [2.24, 2.45) is 11.3 Å². The fourth-order valence-electron chi connectivity index (χ4n) is 4.98. The summed E-state index contributed by atoms with van der Waals surface area (Å²) in [5.41, 5.74) is -0.842. The largest absolute Gasteiger partial charge is 0.430 e. The van der Waals surface area contributed by atoms with Crippen LogP contribution in [-0.2, 0) is 14.8 Å². The van der Waals surface area contributed by atoms with Gasteiger partial charge in [-0.3, -0.25) is 4.90 Å². The molecule has 164 valence electrons. The summed E-state index contributed by atoms with van der Waals surface area (Å²) >= 11 is 0. The quantitative estimate of drug-likeness (QED) is 0.735. The number of hydrogen-bond donors (Lipinski definition) is 1. The zero-order chi connectivity index (χ0) is 21.0. The zero-order valence-corrected chi connectivity index (χ0v) is 17.6. The van der Waals surface area contributed by atoms with Crippen LogP contribution in [0.25, 0.3) is 0 Å². The topological polar surface area (TPSA) is 61.9 Å². The van der Waals surface area contributed by atoms with Crippen molar-refractivity contribution >= 4 is 10.0 Å². The van der Waals surface area contributed by atoms with Gasteiger partial charge in [-0.05, 0) is 32.6 Å². The minimum Gasteiger partial charge on any atom is -0.381 e. The second-order valence-electron chi connectivity index (χ2n) is 8.86. The zero-order valence-electron chi connectivity index (χ0n) is 16.8. The van der Waals surface area contributed by atoms with Crippen molar-refractivity contribution in [2.75, 3.05) is 39.4 Å². The van der Waals surface area contributed by atoms with Gasteiger partial charge in [-0.1, -0.05) is 6.08 Å². The molecule has 1 N–H and O–H groups in total. The van der Waals surface area contributed by atoms with E-state index >= 15 is 0 Å². The van der Waals surface area contributed by atoms with Crippen LogP contribution >= 0.6 is 0 Å². The van der Waals surface area contributed by atoms with Crippen LogP contribution in [-0.4, -0.2) is 69.2 Å². The molecular formula is C19H28F3N3O3S. The molecule has 0 aromatic heterocycles. The van der Waals surface area contributed by atoms with Crippen LogP contribution in [0.2, 0.25) is 0 Å². The molecule has 4 rings (SSSR count). The van der Waals surface area contributed by atoms with Crippen molar-refractivity contribution in [2.45, 2.75) is 45.3 Å². The maximum absolute atomic E-state index is 12.9. The Bertz CT molecular complexity index is 817. The molecule has 10 heteroatoms. The molecule has 6 nitrogen and oxygen atoms in total. The maximum Gasteiger partial charge on any atom is 0.430 e. The van der Waals surface area contributed by atoms with Crippen LogP contribution in [0.3, 0.4) is 0 Å². The third-order valence-corrected chi connectivity index (χ3v) is 8.85. The lowest BCUT2D eigenvalue weighted by Crippen LogP contribution is -2.74. The second kappa shape index (κ2) is 7.25. The van der Waals surface area contributed by atoms with Gasteiger partial charge in [0.25, 0.3) is 0 Å². The SMILES string of the molecule is CC1=C(S(=O)(=O)N2CC3(CN([C@@H](C)C4CCOCC4)C3)C2)CC=C(C(F)(F)F)N1. The number of sulfonamides is 1. The molecular weight excluding hydrogens is 407 g/mol. The Balaban J connectivity index is 1.33. The van der Waals surface area contributed by atoms with Gasteiger partial charge in [0.1, 0.15) is 5.70 Å². The smallest absolute Gasteiger partial charge is 0.381 e. The van der Waals surface area contributed by atoms with Gasteiger partial charge < -0.3 is 10.1 Å². The molecule has 29 heavy (non-hydrogen) atoms. The maximum atomic E-state index is 12.9. The Kier molecular flexibility index (Phi) is 5.28. The number of nitrogens with one attached hydrogen (secondary N) is 1. The van der Waals surface area contributed by atoms with Gasteiger partial charge in [-0.15, -0.1) is 0 Å². The van der Waals surface area contributed by atoms with E-state index < -0.39 is 21.9 Å². The van der Waals surface area contributed by atoms with E-state index in [-0.39, 0.29) is 22.4 Å². The minimum absolute atomic E-state index is 0.00394. The molecule has 3 fully saturated rings. The summed E-state index contributed by atoms with van der Waals surface area (Å²) in [4.78, 5) is 2.46. The van der Waals surface area contributed by atoms with Gasteiger partial charge in [0.05, 0.1) is 4.91 Å². The molecule has 3 saturated heterocycles. The third kappa shape index (κ3) is 3.84. The highest BCUT2D eigenvalue weighted by Crippen LogP contribution is 2.45. The Morgan fingerprint density at radius 1 is 1.21 bits per heavy atom. The van der Waals surface area contributed by atoms with Crippen molar-refractivity contribution in [3.63, 3.8) is 0 Å². The molecule has 4 aliphatic rings. The van der Waals surface area contributed by atoms with E-state index in [0.717, 1.165) is 45.2 Å². The molecule has 1 spiro atoms.